The molecule has 0 saturated carbocycles. The summed E-state index contributed by atoms with van der Waals surface area (Å²) >= 11 is 0. The normalized spacial score (nSPS) is 19.0. The van der Waals surface area contributed by atoms with Gasteiger partial charge in [-0.15, -0.1) is 0 Å². The summed E-state index contributed by atoms with van der Waals surface area (Å²) < 4.78 is 12.7. The molecule has 1 aliphatic rings. The van der Waals surface area contributed by atoms with Crippen molar-refractivity contribution in [3.05, 3.63) is 66.0 Å². The number of fused-ring (bicyclic) bond motifs is 1. The zero-order chi connectivity index (χ0) is 17.2. The fourth-order valence-electron chi connectivity index (χ4n) is 3.38. The molecule has 0 unspecified atom stereocenters. The highest BCUT2D eigenvalue weighted by Crippen LogP contribution is 2.40. The van der Waals surface area contributed by atoms with Crippen molar-refractivity contribution >= 4 is 5.95 Å². The average Bonchev–Trinajstić information content (AvgIpc) is 3.16. The summed E-state index contributed by atoms with van der Waals surface area (Å²) in [6.45, 7) is 0. The summed E-state index contributed by atoms with van der Waals surface area (Å²) in [5.74, 6) is 2.48. The second kappa shape index (κ2) is 6.47. The highest BCUT2D eigenvalue weighted by atomic mass is 16.5. The van der Waals surface area contributed by atoms with E-state index in [-0.39, 0.29) is 12.1 Å². The van der Waals surface area contributed by atoms with Crippen molar-refractivity contribution in [2.45, 2.75) is 18.5 Å². The van der Waals surface area contributed by atoms with Crippen LogP contribution in [0.15, 0.2) is 54.9 Å². The van der Waals surface area contributed by atoms with Crippen molar-refractivity contribution < 1.29 is 9.47 Å². The lowest BCUT2D eigenvalue weighted by Crippen LogP contribution is -2.28. The number of nitrogens with one attached hydrogen (secondary N) is 1. The van der Waals surface area contributed by atoms with Gasteiger partial charge < -0.3 is 14.8 Å². The van der Waals surface area contributed by atoms with Gasteiger partial charge in [0.05, 0.1) is 26.3 Å². The molecule has 1 aromatic heterocycles. The average molecular weight is 336 g/mol. The standard InChI is InChI=1S/C19H20N4O2/c1-24-14-9-7-13(8-10-14)16-11-17(23-19(22-16)20-12-21-23)15-5-3-4-6-18(15)25-2/h3-10,12,16-17H,11H2,1-2H3,(H,20,21,22)/t16-,17+/m0/s1. The van der Waals surface area contributed by atoms with Crippen LogP contribution in [0.4, 0.5) is 5.95 Å². The lowest BCUT2D eigenvalue weighted by atomic mass is 9.93. The molecule has 1 N–H and O–H groups in total. The maximum atomic E-state index is 5.56. The molecule has 0 aliphatic carbocycles. The van der Waals surface area contributed by atoms with Gasteiger partial charge in [0.2, 0.25) is 5.95 Å². The quantitative estimate of drug-likeness (QED) is 0.791. The first kappa shape index (κ1) is 15.5. The van der Waals surface area contributed by atoms with Crippen LogP contribution >= 0.6 is 0 Å². The molecule has 2 heterocycles. The van der Waals surface area contributed by atoms with E-state index in [1.54, 1.807) is 20.5 Å². The molecule has 0 bridgehead atoms. The summed E-state index contributed by atoms with van der Waals surface area (Å²) in [5.41, 5.74) is 2.30. The smallest absolute Gasteiger partial charge is 0.222 e. The molecule has 128 valence electrons. The monoisotopic (exact) mass is 336 g/mol. The predicted molar refractivity (Wildman–Crippen MR) is 95.1 cm³/mol. The largest absolute Gasteiger partial charge is 0.497 e. The van der Waals surface area contributed by atoms with Crippen molar-refractivity contribution in [2.24, 2.45) is 0 Å². The minimum atomic E-state index is 0.0574. The fourth-order valence-corrected chi connectivity index (χ4v) is 3.38. The Morgan fingerprint density at radius 3 is 2.60 bits per heavy atom. The highest BCUT2D eigenvalue weighted by Gasteiger charge is 2.31. The minimum Gasteiger partial charge on any atom is -0.497 e. The maximum absolute atomic E-state index is 5.56. The van der Waals surface area contributed by atoms with Gasteiger partial charge in [-0.2, -0.15) is 10.1 Å². The summed E-state index contributed by atoms with van der Waals surface area (Å²) in [5, 5.41) is 7.89. The molecule has 1 aliphatic heterocycles. The van der Waals surface area contributed by atoms with E-state index in [4.69, 9.17) is 9.47 Å². The van der Waals surface area contributed by atoms with E-state index < -0.39 is 0 Å². The molecular formula is C19H20N4O2. The van der Waals surface area contributed by atoms with E-state index in [1.807, 2.05) is 35.0 Å². The van der Waals surface area contributed by atoms with Gasteiger partial charge in [0.25, 0.3) is 0 Å². The Balaban J connectivity index is 1.72. The molecule has 6 nitrogen and oxygen atoms in total. The Kier molecular flexibility index (Phi) is 4.01. The SMILES string of the molecule is COc1ccc([C@@H]2C[C@H](c3ccccc3OC)n3ncnc3N2)cc1. The molecule has 0 radical (unpaired) electrons. The second-order valence-corrected chi connectivity index (χ2v) is 5.99. The van der Waals surface area contributed by atoms with Gasteiger partial charge in [-0.3, -0.25) is 0 Å². The first-order chi connectivity index (χ1) is 12.3. The molecule has 25 heavy (non-hydrogen) atoms. The molecular weight excluding hydrogens is 316 g/mol. The van der Waals surface area contributed by atoms with Crippen LogP contribution in [-0.4, -0.2) is 29.0 Å². The van der Waals surface area contributed by atoms with Crippen LogP contribution < -0.4 is 14.8 Å². The first-order valence-electron chi connectivity index (χ1n) is 8.23. The second-order valence-electron chi connectivity index (χ2n) is 5.99. The van der Waals surface area contributed by atoms with Crippen LogP contribution in [0.25, 0.3) is 0 Å². The number of rotatable bonds is 4. The van der Waals surface area contributed by atoms with Crippen molar-refractivity contribution in [1.82, 2.24) is 14.8 Å². The van der Waals surface area contributed by atoms with Gasteiger partial charge >= 0.3 is 0 Å². The van der Waals surface area contributed by atoms with Crippen LogP contribution in [0, 0.1) is 0 Å². The van der Waals surface area contributed by atoms with Gasteiger partial charge in [-0.25, -0.2) is 4.68 Å². The van der Waals surface area contributed by atoms with Gasteiger partial charge in [-0.1, -0.05) is 30.3 Å². The van der Waals surface area contributed by atoms with E-state index in [9.17, 15) is 0 Å². The van der Waals surface area contributed by atoms with Crippen molar-refractivity contribution in [1.29, 1.82) is 0 Å². The maximum Gasteiger partial charge on any atom is 0.222 e. The Labute approximate surface area is 146 Å². The lowest BCUT2D eigenvalue weighted by molar-refractivity contribution is 0.379. The third kappa shape index (κ3) is 2.80. The third-order valence-corrected chi connectivity index (χ3v) is 4.65. The zero-order valence-electron chi connectivity index (χ0n) is 14.2. The van der Waals surface area contributed by atoms with Gasteiger partial charge in [-0.05, 0) is 30.2 Å². The first-order valence-corrected chi connectivity index (χ1v) is 8.23. The van der Waals surface area contributed by atoms with E-state index in [0.29, 0.717) is 0 Å². The molecule has 0 amide bonds. The Bertz CT molecular complexity index is 860. The molecule has 3 aromatic rings. The van der Waals surface area contributed by atoms with Gasteiger partial charge in [0.1, 0.15) is 17.8 Å². The summed E-state index contributed by atoms with van der Waals surface area (Å²) in [7, 11) is 3.37. The van der Waals surface area contributed by atoms with Crippen molar-refractivity contribution in [3.8, 4) is 11.5 Å². The van der Waals surface area contributed by atoms with Crippen molar-refractivity contribution in [3.63, 3.8) is 0 Å². The minimum absolute atomic E-state index is 0.0574. The molecule has 0 saturated heterocycles. The Hall–Kier alpha value is -3.02. The number of methoxy groups -OCH3 is 2. The van der Waals surface area contributed by atoms with E-state index >= 15 is 0 Å². The Morgan fingerprint density at radius 1 is 1.04 bits per heavy atom. The molecule has 0 fully saturated rings. The topological polar surface area (TPSA) is 61.2 Å². The zero-order valence-corrected chi connectivity index (χ0v) is 14.2. The van der Waals surface area contributed by atoms with E-state index in [1.165, 1.54) is 5.56 Å². The number of hydrogen-bond donors (Lipinski definition) is 1. The number of anilines is 1. The fraction of sp³-hybridized carbons (Fsp3) is 0.263. The van der Waals surface area contributed by atoms with Crippen LogP contribution in [0.5, 0.6) is 11.5 Å². The number of benzene rings is 2. The van der Waals surface area contributed by atoms with Crippen molar-refractivity contribution in [2.75, 3.05) is 19.5 Å². The molecule has 4 rings (SSSR count). The number of nitrogens with zero attached hydrogens (tertiary/aromatic N) is 3. The highest BCUT2D eigenvalue weighted by molar-refractivity contribution is 5.43. The van der Waals surface area contributed by atoms with E-state index in [2.05, 4.69) is 33.6 Å². The molecule has 2 atom stereocenters. The summed E-state index contributed by atoms with van der Waals surface area (Å²) in [6.07, 6.45) is 2.43. The predicted octanol–water partition coefficient (Wildman–Crippen LogP) is 3.44. The summed E-state index contributed by atoms with van der Waals surface area (Å²) in [6, 6.07) is 16.4. The number of para-hydroxylation sites is 1. The number of ether oxygens (including phenoxy) is 2. The number of aromatic nitrogens is 3. The summed E-state index contributed by atoms with van der Waals surface area (Å²) in [4.78, 5) is 4.37. The third-order valence-electron chi connectivity index (χ3n) is 4.65. The Morgan fingerprint density at radius 2 is 1.84 bits per heavy atom. The van der Waals surface area contributed by atoms with Gasteiger partial charge in [0.15, 0.2) is 0 Å². The number of hydrogen-bond acceptors (Lipinski definition) is 5. The van der Waals surface area contributed by atoms with Crippen LogP contribution in [0.3, 0.4) is 0 Å². The lowest BCUT2D eigenvalue weighted by Gasteiger charge is -2.32. The molecule has 2 aromatic carbocycles. The van der Waals surface area contributed by atoms with Gasteiger partial charge in [0, 0.05) is 5.56 Å². The van der Waals surface area contributed by atoms with Crippen LogP contribution in [-0.2, 0) is 0 Å². The van der Waals surface area contributed by atoms with Crippen LogP contribution in [0.2, 0.25) is 0 Å². The van der Waals surface area contributed by atoms with Crippen LogP contribution in [0.1, 0.15) is 29.6 Å². The molecule has 6 heteroatoms. The molecule has 0 spiro atoms. The van der Waals surface area contributed by atoms with E-state index in [0.717, 1.165) is 29.4 Å².